The van der Waals surface area contributed by atoms with E-state index in [2.05, 4.69) is 65.4 Å². The van der Waals surface area contributed by atoms with Gasteiger partial charge in [-0.2, -0.15) is 0 Å². The van der Waals surface area contributed by atoms with Gasteiger partial charge in [0.1, 0.15) is 0 Å². The molecule has 0 N–H and O–H groups in total. The van der Waals surface area contributed by atoms with Gasteiger partial charge in [-0.15, -0.1) is 0 Å². The van der Waals surface area contributed by atoms with Gasteiger partial charge in [-0.1, -0.05) is 27.7 Å². The second kappa shape index (κ2) is 10.9. The molecule has 0 aliphatic carbocycles. The van der Waals surface area contributed by atoms with Crippen LogP contribution in [0.1, 0.15) is 68.2 Å². The zero-order valence-electron chi connectivity index (χ0n) is 15.4. The van der Waals surface area contributed by atoms with E-state index < -0.39 is 0 Å². The Morgan fingerprint density at radius 2 is 1.05 bits per heavy atom. The molecule has 0 aliphatic rings. The third-order valence-electron chi connectivity index (χ3n) is 3.01. The first-order chi connectivity index (χ1) is 9.70. The number of ether oxygens (including phenoxy) is 1. The summed E-state index contributed by atoms with van der Waals surface area (Å²) in [6, 6.07) is 0.466. The summed E-state index contributed by atoms with van der Waals surface area (Å²) in [5.41, 5.74) is 2.44. The maximum atomic E-state index is 5.75. The average Bonchev–Trinajstić information content (AvgIpc) is 2.25. The molecular formula is C18H36N2O. The van der Waals surface area contributed by atoms with Crippen LogP contribution in [0.4, 0.5) is 0 Å². The summed E-state index contributed by atoms with van der Waals surface area (Å²) in [7, 11) is 0. The molecule has 21 heavy (non-hydrogen) atoms. The van der Waals surface area contributed by atoms with Crippen LogP contribution in [0.3, 0.4) is 0 Å². The normalized spacial score (nSPS) is 16.7. The molecule has 0 fully saturated rings. The molecule has 2 unspecified atom stereocenters. The summed E-state index contributed by atoms with van der Waals surface area (Å²) < 4.78 is 5.75. The van der Waals surface area contributed by atoms with Gasteiger partial charge in [0.2, 0.25) is 0 Å². The number of aliphatic imine (C=N–C) groups is 2. The molecule has 0 aromatic carbocycles. The molecule has 0 saturated carbocycles. The van der Waals surface area contributed by atoms with Crippen LogP contribution in [0.2, 0.25) is 0 Å². The summed E-state index contributed by atoms with van der Waals surface area (Å²) >= 11 is 0. The zero-order valence-corrected chi connectivity index (χ0v) is 15.4. The van der Waals surface area contributed by atoms with Crippen LogP contribution in [0, 0.1) is 11.8 Å². The number of nitrogens with zero attached hydrogens (tertiary/aromatic N) is 2. The van der Waals surface area contributed by atoms with Crippen LogP contribution in [0.15, 0.2) is 9.98 Å². The van der Waals surface area contributed by atoms with Gasteiger partial charge in [0.15, 0.2) is 0 Å². The lowest BCUT2D eigenvalue weighted by molar-refractivity contribution is 0.116. The van der Waals surface area contributed by atoms with Crippen molar-refractivity contribution < 1.29 is 4.74 Å². The molecule has 0 bridgehead atoms. The summed E-state index contributed by atoms with van der Waals surface area (Å²) in [6.07, 6.45) is 2.14. The van der Waals surface area contributed by atoms with Gasteiger partial charge < -0.3 is 4.74 Å². The van der Waals surface area contributed by atoms with Crippen LogP contribution >= 0.6 is 0 Å². The van der Waals surface area contributed by atoms with Crippen molar-refractivity contribution in [1.29, 1.82) is 0 Å². The maximum absolute atomic E-state index is 5.75. The molecule has 0 aliphatic heterocycles. The van der Waals surface area contributed by atoms with E-state index in [4.69, 9.17) is 4.74 Å². The Hall–Kier alpha value is -0.700. The van der Waals surface area contributed by atoms with Crippen molar-refractivity contribution in [1.82, 2.24) is 0 Å². The van der Waals surface area contributed by atoms with Crippen LogP contribution < -0.4 is 0 Å². The van der Waals surface area contributed by atoms with Gasteiger partial charge in [-0.3, -0.25) is 9.98 Å². The monoisotopic (exact) mass is 296 g/mol. The van der Waals surface area contributed by atoms with Gasteiger partial charge in [0.25, 0.3) is 0 Å². The molecule has 0 amide bonds. The minimum Gasteiger partial charge on any atom is -0.377 e. The van der Waals surface area contributed by atoms with Crippen molar-refractivity contribution in [2.24, 2.45) is 21.8 Å². The summed E-state index contributed by atoms with van der Waals surface area (Å²) in [4.78, 5) is 9.34. The topological polar surface area (TPSA) is 34.0 Å². The fourth-order valence-corrected chi connectivity index (χ4v) is 2.52. The SMILES string of the molecule is CC(CC(C)C)=NC(C)COCC(C)N=C(C)CC(C)C. The second-order valence-electron chi connectivity index (χ2n) is 7.16. The first-order valence-corrected chi connectivity index (χ1v) is 8.35. The quantitative estimate of drug-likeness (QED) is 0.533. The molecule has 124 valence electrons. The fourth-order valence-electron chi connectivity index (χ4n) is 2.52. The van der Waals surface area contributed by atoms with E-state index in [-0.39, 0.29) is 12.1 Å². The number of hydrogen-bond acceptors (Lipinski definition) is 3. The van der Waals surface area contributed by atoms with E-state index in [0.29, 0.717) is 25.0 Å². The first-order valence-electron chi connectivity index (χ1n) is 8.35. The standard InChI is InChI=1S/C18H36N2O/c1-13(2)9-15(5)19-17(7)11-21-12-18(8)20-16(6)10-14(3)4/h13-14,17-18H,9-12H2,1-8H3. The van der Waals surface area contributed by atoms with E-state index in [9.17, 15) is 0 Å². The highest BCUT2D eigenvalue weighted by molar-refractivity contribution is 5.82. The lowest BCUT2D eigenvalue weighted by Gasteiger charge is -2.13. The Bertz CT molecular complexity index is 300. The fraction of sp³-hybridized carbons (Fsp3) is 0.889. The Kier molecular flexibility index (Phi) is 10.6. The molecule has 2 atom stereocenters. The van der Waals surface area contributed by atoms with Gasteiger partial charge in [-0.05, 0) is 52.4 Å². The van der Waals surface area contributed by atoms with E-state index in [1.54, 1.807) is 0 Å². The molecule has 3 heteroatoms. The van der Waals surface area contributed by atoms with Crippen LogP contribution in [-0.4, -0.2) is 36.7 Å². The predicted octanol–water partition coefficient (Wildman–Crippen LogP) is 4.79. The third kappa shape index (κ3) is 12.7. The Morgan fingerprint density at radius 3 is 1.33 bits per heavy atom. The predicted molar refractivity (Wildman–Crippen MR) is 94.9 cm³/mol. The largest absolute Gasteiger partial charge is 0.377 e. The average molecular weight is 296 g/mol. The minimum absolute atomic E-state index is 0.233. The summed E-state index contributed by atoms with van der Waals surface area (Å²) in [5, 5.41) is 0. The van der Waals surface area contributed by atoms with Gasteiger partial charge >= 0.3 is 0 Å². The molecule has 0 aromatic heterocycles. The van der Waals surface area contributed by atoms with Crippen LogP contribution in [-0.2, 0) is 4.74 Å². The van der Waals surface area contributed by atoms with E-state index in [1.165, 1.54) is 11.4 Å². The molecule has 0 aromatic rings. The van der Waals surface area contributed by atoms with E-state index >= 15 is 0 Å². The summed E-state index contributed by atoms with van der Waals surface area (Å²) in [6.45, 7) is 18.7. The molecular weight excluding hydrogens is 260 g/mol. The van der Waals surface area contributed by atoms with Crippen LogP contribution in [0.25, 0.3) is 0 Å². The highest BCUT2D eigenvalue weighted by atomic mass is 16.5. The smallest absolute Gasteiger partial charge is 0.0704 e. The van der Waals surface area contributed by atoms with Crippen molar-refractivity contribution in [3.05, 3.63) is 0 Å². The van der Waals surface area contributed by atoms with E-state index in [0.717, 1.165) is 12.8 Å². The highest BCUT2D eigenvalue weighted by Gasteiger charge is 2.06. The molecule has 3 nitrogen and oxygen atoms in total. The van der Waals surface area contributed by atoms with Gasteiger partial charge in [0, 0.05) is 11.4 Å². The molecule has 0 rings (SSSR count). The number of hydrogen-bond donors (Lipinski definition) is 0. The molecule has 0 spiro atoms. The molecule has 0 saturated heterocycles. The van der Waals surface area contributed by atoms with Gasteiger partial charge in [-0.25, -0.2) is 0 Å². The third-order valence-corrected chi connectivity index (χ3v) is 3.01. The Morgan fingerprint density at radius 1 is 0.714 bits per heavy atom. The summed E-state index contributed by atoms with van der Waals surface area (Å²) in [5.74, 6) is 1.33. The van der Waals surface area contributed by atoms with E-state index in [1.807, 2.05) is 0 Å². The number of rotatable bonds is 10. The second-order valence-corrected chi connectivity index (χ2v) is 7.16. The van der Waals surface area contributed by atoms with Crippen molar-refractivity contribution in [2.75, 3.05) is 13.2 Å². The Labute approximate surface area is 132 Å². The molecule has 0 radical (unpaired) electrons. The Balaban J connectivity index is 4.02. The zero-order chi connectivity index (χ0) is 16.4. The van der Waals surface area contributed by atoms with Crippen molar-refractivity contribution in [3.8, 4) is 0 Å². The van der Waals surface area contributed by atoms with Crippen LogP contribution in [0.5, 0.6) is 0 Å². The first kappa shape index (κ1) is 20.3. The molecule has 0 heterocycles. The lowest BCUT2D eigenvalue weighted by Crippen LogP contribution is -2.18. The van der Waals surface area contributed by atoms with Crippen molar-refractivity contribution in [3.63, 3.8) is 0 Å². The van der Waals surface area contributed by atoms with Crippen molar-refractivity contribution in [2.45, 2.75) is 80.3 Å². The lowest BCUT2D eigenvalue weighted by atomic mass is 10.1. The minimum atomic E-state index is 0.233. The van der Waals surface area contributed by atoms with Crippen molar-refractivity contribution >= 4 is 11.4 Å². The van der Waals surface area contributed by atoms with Gasteiger partial charge in [0.05, 0.1) is 25.3 Å². The maximum Gasteiger partial charge on any atom is 0.0704 e. The highest BCUT2D eigenvalue weighted by Crippen LogP contribution is 2.05.